The summed E-state index contributed by atoms with van der Waals surface area (Å²) in [7, 11) is 3.39. The third-order valence-corrected chi connectivity index (χ3v) is 6.53. The van der Waals surface area contributed by atoms with E-state index < -0.39 is 0 Å². The lowest BCUT2D eigenvalue weighted by Crippen LogP contribution is -2.50. The average molecular weight is 426 g/mol. The van der Waals surface area contributed by atoms with Crippen LogP contribution in [0.4, 0.5) is 5.69 Å². The number of nitrogens with one attached hydrogen (secondary N) is 1. The largest absolute Gasteiger partial charge is 0.358 e. The van der Waals surface area contributed by atoms with Crippen molar-refractivity contribution in [1.82, 2.24) is 10.2 Å². The van der Waals surface area contributed by atoms with Gasteiger partial charge >= 0.3 is 0 Å². The average Bonchev–Trinajstić information content (AvgIpc) is 3.21. The maximum atomic E-state index is 13.0. The SMILES string of the molecule is CNC(=O)CN1c2ccccc2C(=O)N(C)[C@@H]1c1ccc(-c2ccccc2Cl)s1. The highest BCUT2D eigenvalue weighted by molar-refractivity contribution is 7.15. The number of carbonyl (C=O) groups excluding carboxylic acids is 2. The Bertz CT molecular complexity index is 1080. The minimum atomic E-state index is -0.379. The van der Waals surface area contributed by atoms with Crippen molar-refractivity contribution < 1.29 is 9.59 Å². The predicted octanol–water partition coefficient (Wildman–Crippen LogP) is 4.41. The van der Waals surface area contributed by atoms with E-state index in [1.807, 2.05) is 59.5 Å². The van der Waals surface area contributed by atoms with E-state index in [4.69, 9.17) is 11.6 Å². The van der Waals surface area contributed by atoms with E-state index in [0.29, 0.717) is 10.6 Å². The van der Waals surface area contributed by atoms with Gasteiger partial charge in [0.1, 0.15) is 6.17 Å². The lowest BCUT2D eigenvalue weighted by molar-refractivity contribution is -0.119. The predicted molar refractivity (Wildman–Crippen MR) is 117 cm³/mol. The summed E-state index contributed by atoms with van der Waals surface area (Å²) < 4.78 is 0. The van der Waals surface area contributed by atoms with E-state index in [-0.39, 0.29) is 24.5 Å². The molecule has 0 radical (unpaired) electrons. The van der Waals surface area contributed by atoms with Crippen LogP contribution in [0.1, 0.15) is 21.4 Å². The summed E-state index contributed by atoms with van der Waals surface area (Å²) in [5.74, 6) is -0.179. The van der Waals surface area contributed by atoms with Gasteiger partial charge in [0.05, 0.1) is 17.8 Å². The van der Waals surface area contributed by atoms with Gasteiger partial charge in [-0.1, -0.05) is 41.9 Å². The van der Waals surface area contributed by atoms with E-state index >= 15 is 0 Å². The Balaban J connectivity index is 1.80. The summed E-state index contributed by atoms with van der Waals surface area (Å²) >= 11 is 7.94. The van der Waals surface area contributed by atoms with Crippen LogP contribution in [0.2, 0.25) is 5.02 Å². The zero-order valence-corrected chi connectivity index (χ0v) is 17.6. The van der Waals surface area contributed by atoms with E-state index in [0.717, 1.165) is 21.0 Å². The second kappa shape index (κ2) is 7.89. The monoisotopic (exact) mass is 425 g/mol. The van der Waals surface area contributed by atoms with Crippen molar-refractivity contribution in [1.29, 1.82) is 0 Å². The van der Waals surface area contributed by atoms with Crippen molar-refractivity contribution in [3.63, 3.8) is 0 Å². The van der Waals surface area contributed by atoms with Crippen LogP contribution in [0.5, 0.6) is 0 Å². The number of anilines is 1. The Morgan fingerprint density at radius 3 is 2.48 bits per heavy atom. The first-order valence-electron chi connectivity index (χ1n) is 9.19. The highest BCUT2D eigenvalue weighted by atomic mass is 35.5. The number of para-hydroxylation sites is 1. The van der Waals surface area contributed by atoms with Gasteiger partial charge in [-0.2, -0.15) is 0 Å². The van der Waals surface area contributed by atoms with E-state index in [9.17, 15) is 9.59 Å². The molecular weight excluding hydrogens is 406 g/mol. The minimum Gasteiger partial charge on any atom is -0.358 e. The van der Waals surface area contributed by atoms with Crippen LogP contribution in [0.25, 0.3) is 10.4 Å². The Hall–Kier alpha value is -2.83. The third-order valence-electron chi connectivity index (χ3n) is 5.04. The molecule has 5 nitrogen and oxygen atoms in total. The number of rotatable bonds is 4. The molecule has 0 bridgehead atoms. The number of likely N-dealkylation sites (N-methyl/N-ethyl adjacent to an activating group) is 1. The summed E-state index contributed by atoms with van der Waals surface area (Å²) in [5.41, 5.74) is 2.31. The fourth-order valence-electron chi connectivity index (χ4n) is 3.59. The molecule has 3 aromatic rings. The van der Waals surface area contributed by atoms with Crippen molar-refractivity contribution in [2.45, 2.75) is 6.17 Å². The lowest BCUT2D eigenvalue weighted by atomic mass is 10.0. The fourth-order valence-corrected chi connectivity index (χ4v) is 5.09. The minimum absolute atomic E-state index is 0.0635. The molecule has 1 aromatic heterocycles. The van der Waals surface area contributed by atoms with Crippen LogP contribution in [-0.2, 0) is 4.79 Å². The second-order valence-electron chi connectivity index (χ2n) is 6.79. The standard InChI is InChI=1S/C22H20ClN3O2S/c1-24-20(27)13-26-17-10-6-4-8-15(17)22(28)25(2)21(26)19-12-11-18(29-19)14-7-3-5-9-16(14)23/h3-12,21H,13H2,1-2H3,(H,24,27)/t21-/m0/s1. The Morgan fingerprint density at radius 1 is 1.07 bits per heavy atom. The molecule has 7 heteroatoms. The first-order valence-corrected chi connectivity index (χ1v) is 10.4. The molecule has 2 aromatic carbocycles. The molecule has 0 aliphatic carbocycles. The Kier molecular flexibility index (Phi) is 5.30. The van der Waals surface area contributed by atoms with Crippen molar-refractivity contribution >= 4 is 40.4 Å². The lowest BCUT2D eigenvalue weighted by Gasteiger charge is -2.43. The second-order valence-corrected chi connectivity index (χ2v) is 8.31. The molecule has 0 unspecified atom stereocenters. The van der Waals surface area contributed by atoms with Gasteiger partial charge in [-0.05, 0) is 30.3 Å². The van der Waals surface area contributed by atoms with Gasteiger partial charge in [0.2, 0.25) is 5.91 Å². The maximum absolute atomic E-state index is 13.0. The highest BCUT2D eigenvalue weighted by Gasteiger charge is 2.37. The quantitative estimate of drug-likeness (QED) is 0.673. The molecule has 0 spiro atoms. The molecule has 4 rings (SSSR count). The van der Waals surface area contributed by atoms with Crippen LogP contribution >= 0.6 is 22.9 Å². The van der Waals surface area contributed by atoms with E-state index in [2.05, 4.69) is 5.32 Å². The number of amides is 2. The smallest absolute Gasteiger partial charge is 0.257 e. The van der Waals surface area contributed by atoms with Gasteiger partial charge in [-0.3, -0.25) is 9.59 Å². The van der Waals surface area contributed by atoms with Crippen LogP contribution in [0.15, 0.2) is 60.7 Å². The molecular formula is C22H20ClN3O2S. The van der Waals surface area contributed by atoms with E-state index in [1.54, 1.807) is 36.4 Å². The molecule has 1 N–H and O–H groups in total. The van der Waals surface area contributed by atoms with Gasteiger partial charge in [-0.15, -0.1) is 11.3 Å². The summed E-state index contributed by atoms with van der Waals surface area (Å²) in [5, 5.41) is 3.36. The Labute approximate surface area is 178 Å². The van der Waals surface area contributed by atoms with Crippen molar-refractivity contribution in [2.24, 2.45) is 0 Å². The molecule has 2 heterocycles. The summed E-state index contributed by atoms with van der Waals surface area (Å²) in [6.07, 6.45) is -0.379. The molecule has 1 aliphatic rings. The zero-order chi connectivity index (χ0) is 20.5. The Morgan fingerprint density at radius 2 is 1.76 bits per heavy atom. The number of nitrogens with zero attached hydrogens (tertiary/aromatic N) is 2. The number of benzene rings is 2. The van der Waals surface area contributed by atoms with Crippen LogP contribution in [-0.4, -0.2) is 37.4 Å². The number of thiophene rings is 1. The normalized spacial score (nSPS) is 16.0. The molecule has 0 saturated carbocycles. The van der Waals surface area contributed by atoms with Crippen LogP contribution in [0, 0.1) is 0 Å². The van der Waals surface area contributed by atoms with Gasteiger partial charge in [-0.25, -0.2) is 0 Å². The maximum Gasteiger partial charge on any atom is 0.257 e. The number of carbonyl (C=O) groups is 2. The van der Waals surface area contributed by atoms with Crippen LogP contribution < -0.4 is 10.2 Å². The topological polar surface area (TPSA) is 52.7 Å². The first kappa shape index (κ1) is 19.5. The fraction of sp³-hybridized carbons (Fsp3) is 0.182. The highest BCUT2D eigenvalue weighted by Crippen LogP contribution is 2.42. The molecule has 148 valence electrons. The van der Waals surface area contributed by atoms with Gasteiger partial charge in [0.15, 0.2) is 0 Å². The van der Waals surface area contributed by atoms with Gasteiger partial charge in [0.25, 0.3) is 5.91 Å². The first-order chi connectivity index (χ1) is 14.0. The third kappa shape index (κ3) is 3.50. The molecule has 0 saturated heterocycles. The number of fused-ring (bicyclic) bond motifs is 1. The summed E-state index contributed by atoms with van der Waals surface area (Å²) in [6.45, 7) is 0.148. The van der Waals surface area contributed by atoms with E-state index in [1.165, 1.54) is 0 Å². The number of hydrogen-bond donors (Lipinski definition) is 1. The van der Waals surface area contributed by atoms with Crippen molar-refractivity contribution in [3.8, 4) is 10.4 Å². The van der Waals surface area contributed by atoms with Crippen molar-refractivity contribution in [2.75, 3.05) is 25.5 Å². The summed E-state index contributed by atoms with van der Waals surface area (Å²) in [4.78, 5) is 30.9. The zero-order valence-electron chi connectivity index (χ0n) is 16.1. The molecule has 1 aliphatic heterocycles. The van der Waals surface area contributed by atoms with Gasteiger partial charge < -0.3 is 15.1 Å². The van der Waals surface area contributed by atoms with Crippen LogP contribution in [0.3, 0.4) is 0 Å². The number of halogens is 1. The molecule has 0 fully saturated rings. The molecule has 1 atom stereocenters. The molecule has 2 amide bonds. The molecule has 29 heavy (non-hydrogen) atoms. The number of hydrogen-bond acceptors (Lipinski definition) is 4. The summed E-state index contributed by atoms with van der Waals surface area (Å²) in [6, 6.07) is 19.1. The van der Waals surface area contributed by atoms with Gasteiger partial charge in [0, 0.05) is 34.4 Å². The van der Waals surface area contributed by atoms with Crippen molar-refractivity contribution in [3.05, 3.63) is 76.1 Å².